The third-order valence-corrected chi connectivity index (χ3v) is 6.70. The lowest BCUT2D eigenvalue weighted by atomic mass is 9.98. The van der Waals surface area contributed by atoms with Gasteiger partial charge in [0, 0.05) is 24.4 Å². The van der Waals surface area contributed by atoms with E-state index < -0.39 is 0 Å². The van der Waals surface area contributed by atoms with Gasteiger partial charge in [-0.25, -0.2) is 4.98 Å². The molecule has 1 aliphatic carbocycles. The van der Waals surface area contributed by atoms with Gasteiger partial charge in [0.05, 0.1) is 31.9 Å². The number of rotatable bonds is 5. The summed E-state index contributed by atoms with van der Waals surface area (Å²) in [4.78, 5) is 19.8. The number of hydrogen-bond acceptors (Lipinski definition) is 4. The minimum absolute atomic E-state index is 0.145. The molecule has 1 saturated heterocycles. The predicted octanol–water partition coefficient (Wildman–Crippen LogP) is 4.37. The van der Waals surface area contributed by atoms with E-state index in [9.17, 15) is 4.79 Å². The Balaban J connectivity index is 1.38. The minimum atomic E-state index is 0.145. The Bertz CT molecular complexity index is 1230. The topological polar surface area (TPSA) is 56.6 Å². The van der Waals surface area contributed by atoms with E-state index in [0.717, 1.165) is 66.2 Å². The van der Waals surface area contributed by atoms with Gasteiger partial charge in [-0.1, -0.05) is 18.2 Å². The summed E-state index contributed by atoms with van der Waals surface area (Å²) in [6.45, 7) is 2.76. The molecule has 0 spiro atoms. The first-order valence-electron chi connectivity index (χ1n) is 11.4. The summed E-state index contributed by atoms with van der Waals surface area (Å²) < 4.78 is 13.1. The molecule has 0 N–H and O–H groups in total. The van der Waals surface area contributed by atoms with Gasteiger partial charge in [-0.2, -0.15) is 0 Å². The second kappa shape index (κ2) is 8.77. The highest BCUT2D eigenvalue weighted by Gasteiger charge is 2.34. The number of hydrogen-bond donors (Lipinski definition) is 0. The molecule has 0 radical (unpaired) electrons. The van der Waals surface area contributed by atoms with Gasteiger partial charge in [-0.05, 0) is 73.6 Å². The first-order valence-corrected chi connectivity index (χ1v) is 11.4. The number of amides is 1. The van der Waals surface area contributed by atoms with E-state index in [-0.39, 0.29) is 11.9 Å². The molecule has 2 heterocycles. The van der Waals surface area contributed by atoms with E-state index in [2.05, 4.69) is 16.0 Å². The average molecular weight is 444 g/mol. The summed E-state index contributed by atoms with van der Waals surface area (Å²) in [5.41, 5.74) is 6.23. The molecule has 6 heteroatoms. The van der Waals surface area contributed by atoms with Crippen LogP contribution in [0, 0.1) is 6.92 Å². The van der Waals surface area contributed by atoms with Crippen LogP contribution in [0.1, 0.15) is 35.2 Å². The van der Waals surface area contributed by atoms with Crippen molar-refractivity contribution in [1.29, 1.82) is 0 Å². The quantitative estimate of drug-likeness (QED) is 0.550. The molecule has 1 amide bonds. The van der Waals surface area contributed by atoms with Crippen LogP contribution in [-0.2, 0) is 17.6 Å². The number of aryl methyl sites for hydroxylation is 1. The molecule has 6 nitrogen and oxygen atoms in total. The van der Waals surface area contributed by atoms with Crippen molar-refractivity contribution in [1.82, 2.24) is 14.5 Å². The number of likely N-dealkylation sites (tertiary alicyclic amines) is 1. The number of imidazole rings is 1. The van der Waals surface area contributed by atoms with Crippen molar-refractivity contribution < 1.29 is 14.3 Å². The van der Waals surface area contributed by atoms with Crippen LogP contribution in [0.15, 0.2) is 54.5 Å². The molecule has 1 aromatic heterocycles. The summed E-state index contributed by atoms with van der Waals surface area (Å²) in [5.74, 6) is 1.82. The van der Waals surface area contributed by atoms with Crippen LogP contribution in [0.2, 0.25) is 0 Å². The SMILES string of the molecule is COc1cc(C=C2CCCN([C@H]3Cc4cccc(OC)c4C3)C2=O)ccc1-n1cnc(C)c1. The van der Waals surface area contributed by atoms with Gasteiger partial charge in [0.2, 0.25) is 5.91 Å². The van der Waals surface area contributed by atoms with E-state index in [0.29, 0.717) is 0 Å². The summed E-state index contributed by atoms with van der Waals surface area (Å²) in [6.07, 6.45) is 9.27. The Morgan fingerprint density at radius 3 is 2.70 bits per heavy atom. The summed E-state index contributed by atoms with van der Waals surface area (Å²) in [6, 6.07) is 12.4. The van der Waals surface area contributed by atoms with Crippen LogP contribution < -0.4 is 9.47 Å². The maximum atomic E-state index is 13.5. The maximum absolute atomic E-state index is 13.5. The number of carbonyl (C=O) groups is 1. The second-order valence-electron chi connectivity index (χ2n) is 8.79. The monoisotopic (exact) mass is 443 g/mol. The zero-order valence-corrected chi connectivity index (χ0v) is 19.4. The first kappa shape index (κ1) is 21.3. The van der Waals surface area contributed by atoms with E-state index >= 15 is 0 Å². The molecule has 1 fully saturated rings. The van der Waals surface area contributed by atoms with E-state index in [4.69, 9.17) is 9.47 Å². The lowest BCUT2D eigenvalue weighted by Crippen LogP contribution is -2.44. The zero-order valence-electron chi connectivity index (χ0n) is 19.4. The van der Waals surface area contributed by atoms with Crippen molar-refractivity contribution in [3.8, 4) is 17.2 Å². The third kappa shape index (κ3) is 4.01. The molecule has 1 aliphatic heterocycles. The Morgan fingerprint density at radius 1 is 1.09 bits per heavy atom. The highest BCUT2D eigenvalue weighted by Crippen LogP contribution is 2.35. The van der Waals surface area contributed by atoms with Crippen LogP contribution >= 0.6 is 0 Å². The summed E-state index contributed by atoms with van der Waals surface area (Å²) in [7, 11) is 3.38. The lowest BCUT2D eigenvalue weighted by molar-refractivity contribution is -0.130. The van der Waals surface area contributed by atoms with Crippen LogP contribution in [-0.4, -0.2) is 47.2 Å². The van der Waals surface area contributed by atoms with Gasteiger partial charge in [0.15, 0.2) is 0 Å². The highest BCUT2D eigenvalue weighted by molar-refractivity contribution is 5.99. The van der Waals surface area contributed by atoms with Crippen LogP contribution in [0.3, 0.4) is 0 Å². The summed E-state index contributed by atoms with van der Waals surface area (Å²) >= 11 is 0. The van der Waals surface area contributed by atoms with Crippen LogP contribution in [0.25, 0.3) is 11.8 Å². The van der Waals surface area contributed by atoms with Crippen molar-refractivity contribution in [2.24, 2.45) is 0 Å². The van der Waals surface area contributed by atoms with Crippen molar-refractivity contribution in [2.75, 3.05) is 20.8 Å². The van der Waals surface area contributed by atoms with Gasteiger partial charge >= 0.3 is 0 Å². The molecule has 0 bridgehead atoms. The Morgan fingerprint density at radius 2 is 1.94 bits per heavy atom. The average Bonchev–Trinajstić information content (AvgIpc) is 3.46. The number of carbonyl (C=O) groups excluding carboxylic acids is 1. The molecular formula is C27H29N3O3. The number of benzene rings is 2. The van der Waals surface area contributed by atoms with Crippen molar-refractivity contribution in [2.45, 2.75) is 38.6 Å². The van der Waals surface area contributed by atoms with Crippen LogP contribution in [0.5, 0.6) is 11.5 Å². The lowest BCUT2D eigenvalue weighted by Gasteiger charge is -2.33. The molecule has 0 saturated carbocycles. The molecule has 2 aromatic carbocycles. The molecule has 5 rings (SSSR count). The van der Waals surface area contributed by atoms with Crippen molar-refractivity contribution in [3.63, 3.8) is 0 Å². The molecule has 0 unspecified atom stereocenters. The van der Waals surface area contributed by atoms with Gasteiger partial charge < -0.3 is 18.9 Å². The fourth-order valence-corrected chi connectivity index (χ4v) is 5.07. The number of ether oxygens (including phenoxy) is 2. The van der Waals surface area contributed by atoms with Gasteiger partial charge in [0.1, 0.15) is 11.5 Å². The van der Waals surface area contributed by atoms with E-state index in [1.165, 1.54) is 11.1 Å². The molecule has 170 valence electrons. The molecule has 3 aromatic rings. The normalized spacial score (nSPS) is 19.1. The number of aromatic nitrogens is 2. The Hall–Kier alpha value is -3.54. The highest BCUT2D eigenvalue weighted by atomic mass is 16.5. The van der Waals surface area contributed by atoms with E-state index in [1.54, 1.807) is 20.5 Å². The minimum Gasteiger partial charge on any atom is -0.496 e. The third-order valence-electron chi connectivity index (χ3n) is 6.70. The smallest absolute Gasteiger partial charge is 0.250 e. The largest absolute Gasteiger partial charge is 0.496 e. The van der Waals surface area contributed by atoms with E-state index in [1.807, 2.05) is 54.1 Å². The maximum Gasteiger partial charge on any atom is 0.250 e. The van der Waals surface area contributed by atoms with Crippen molar-refractivity contribution in [3.05, 3.63) is 76.9 Å². The molecule has 33 heavy (non-hydrogen) atoms. The van der Waals surface area contributed by atoms with Crippen LogP contribution in [0.4, 0.5) is 0 Å². The number of fused-ring (bicyclic) bond motifs is 1. The predicted molar refractivity (Wildman–Crippen MR) is 128 cm³/mol. The number of methoxy groups -OCH3 is 2. The molecule has 2 aliphatic rings. The summed E-state index contributed by atoms with van der Waals surface area (Å²) in [5, 5.41) is 0. The Kier molecular flexibility index (Phi) is 5.67. The fourth-order valence-electron chi connectivity index (χ4n) is 5.07. The molecular weight excluding hydrogens is 414 g/mol. The zero-order chi connectivity index (χ0) is 22.9. The van der Waals surface area contributed by atoms with Gasteiger partial charge in [-0.15, -0.1) is 0 Å². The van der Waals surface area contributed by atoms with Gasteiger partial charge in [-0.3, -0.25) is 4.79 Å². The molecule has 1 atom stereocenters. The van der Waals surface area contributed by atoms with Crippen molar-refractivity contribution >= 4 is 12.0 Å². The number of nitrogens with zero attached hydrogens (tertiary/aromatic N) is 3. The first-order chi connectivity index (χ1) is 16.1. The standard InChI is InChI=1S/C27H29N3O3/c1-18-16-29(17-28-18)24-10-9-19(13-26(24)33-3)12-21-7-5-11-30(27(21)31)22-14-20-6-4-8-25(32-2)23(20)15-22/h4,6,8-10,12-13,16-17,22H,5,7,11,14-15H2,1-3H3/t22-/m0/s1. The number of piperidine rings is 1. The second-order valence-corrected chi connectivity index (χ2v) is 8.79. The van der Waals surface area contributed by atoms with Gasteiger partial charge in [0.25, 0.3) is 0 Å². The Labute approximate surface area is 194 Å². The fraction of sp³-hybridized carbons (Fsp3) is 0.333.